The van der Waals surface area contributed by atoms with E-state index < -0.39 is 17.0 Å². The summed E-state index contributed by atoms with van der Waals surface area (Å²) in [5, 5.41) is 8.24. The van der Waals surface area contributed by atoms with Crippen molar-refractivity contribution in [3.63, 3.8) is 0 Å². The fourth-order valence-corrected chi connectivity index (χ4v) is 4.28. The fourth-order valence-electron chi connectivity index (χ4n) is 3.65. The van der Waals surface area contributed by atoms with Crippen LogP contribution in [0.2, 0.25) is 0 Å². The van der Waals surface area contributed by atoms with Crippen LogP contribution in [-0.4, -0.2) is 30.9 Å². The number of thioether (sulfide) groups is 1. The molecule has 0 amide bonds. The van der Waals surface area contributed by atoms with E-state index in [1.54, 1.807) is 0 Å². The van der Waals surface area contributed by atoms with Gasteiger partial charge in [-0.1, -0.05) is 59.3 Å². The highest BCUT2D eigenvalue weighted by molar-refractivity contribution is 7.99. The van der Waals surface area contributed by atoms with Crippen molar-refractivity contribution in [3.8, 4) is 11.5 Å². The molecule has 4 aromatic rings. The normalized spacial score (nSPS) is 11.0. The molecule has 0 fully saturated rings. The number of benzene rings is 2. The third-order valence-electron chi connectivity index (χ3n) is 5.25. The number of Topliss-reactive ketones (excluding diaryl/α,β-unsaturated/α-hetero) is 1. The van der Waals surface area contributed by atoms with E-state index in [4.69, 9.17) is 10.2 Å². The minimum atomic E-state index is -0.737. The van der Waals surface area contributed by atoms with Gasteiger partial charge in [0.15, 0.2) is 5.78 Å². The summed E-state index contributed by atoms with van der Waals surface area (Å²) in [6, 6.07) is 15.1. The molecule has 4 rings (SSSR count). The topological polar surface area (TPSA) is 126 Å². The number of aromatic nitrogens is 4. The predicted molar refractivity (Wildman–Crippen MR) is 130 cm³/mol. The van der Waals surface area contributed by atoms with Crippen molar-refractivity contribution in [1.29, 1.82) is 0 Å². The summed E-state index contributed by atoms with van der Waals surface area (Å²) in [6.45, 7) is 4.09. The average molecular weight is 478 g/mol. The van der Waals surface area contributed by atoms with Gasteiger partial charge in [-0.05, 0) is 31.5 Å². The zero-order valence-corrected chi connectivity index (χ0v) is 19.8. The van der Waals surface area contributed by atoms with Gasteiger partial charge >= 0.3 is 5.69 Å². The minimum absolute atomic E-state index is 0.135. The minimum Gasteiger partial charge on any atom is -0.411 e. The monoisotopic (exact) mass is 477 g/mol. The van der Waals surface area contributed by atoms with E-state index >= 15 is 0 Å². The summed E-state index contributed by atoms with van der Waals surface area (Å²) in [7, 11) is 1.32. The fraction of sp³-hybridized carbons (Fsp3) is 0.208. The van der Waals surface area contributed by atoms with Gasteiger partial charge < -0.3 is 10.2 Å². The van der Waals surface area contributed by atoms with Gasteiger partial charge in [0.25, 0.3) is 10.8 Å². The van der Waals surface area contributed by atoms with Crippen LogP contribution >= 0.6 is 11.8 Å². The first-order valence-electron chi connectivity index (χ1n) is 10.5. The number of carbonyl (C=O) groups is 1. The average Bonchev–Trinajstić information content (AvgIpc) is 3.29. The molecule has 0 radical (unpaired) electrons. The number of nitrogen functional groups attached to an aromatic ring is 1. The van der Waals surface area contributed by atoms with Gasteiger partial charge in [0.05, 0.1) is 12.3 Å². The van der Waals surface area contributed by atoms with Gasteiger partial charge in [0, 0.05) is 12.6 Å². The molecule has 0 spiro atoms. The van der Waals surface area contributed by atoms with E-state index in [1.807, 2.05) is 62.4 Å². The predicted octanol–water partition coefficient (Wildman–Crippen LogP) is 2.82. The number of nitrogens with zero attached hydrogens (tertiary/aromatic N) is 4. The lowest BCUT2D eigenvalue weighted by atomic mass is 10.1. The molecule has 174 valence electrons. The smallest absolute Gasteiger partial charge is 0.332 e. The summed E-state index contributed by atoms with van der Waals surface area (Å²) in [5.41, 5.74) is 8.31. The molecule has 9 nitrogen and oxygen atoms in total. The summed E-state index contributed by atoms with van der Waals surface area (Å²) in [4.78, 5) is 38.3. The van der Waals surface area contributed by atoms with E-state index in [1.165, 1.54) is 11.6 Å². The molecule has 0 aliphatic carbocycles. The standard InChI is InChI=1S/C24H23N5O4S/c1-14-9-15(2)11-17(10-14)21-26-27-23(33-21)34-13-18(30)19-20(25)29(24(32)28(3)22(19)31)12-16-7-5-4-6-8-16/h4-11H,12-13,25H2,1-3H3. The number of hydrogen-bond acceptors (Lipinski definition) is 8. The maximum absolute atomic E-state index is 13.0. The first-order chi connectivity index (χ1) is 16.2. The molecule has 2 N–H and O–H groups in total. The van der Waals surface area contributed by atoms with Crippen LogP contribution in [0.4, 0.5) is 5.82 Å². The number of rotatable bonds is 7. The van der Waals surface area contributed by atoms with Crippen molar-refractivity contribution in [2.24, 2.45) is 7.05 Å². The van der Waals surface area contributed by atoms with Crippen molar-refractivity contribution >= 4 is 23.4 Å². The second kappa shape index (κ2) is 9.52. The van der Waals surface area contributed by atoms with Crippen molar-refractivity contribution < 1.29 is 9.21 Å². The number of anilines is 1. The third-order valence-corrected chi connectivity index (χ3v) is 6.07. The van der Waals surface area contributed by atoms with Gasteiger partial charge in [0.1, 0.15) is 11.4 Å². The van der Waals surface area contributed by atoms with Crippen LogP contribution in [0.1, 0.15) is 27.0 Å². The maximum atomic E-state index is 13.0. The largest absolute Gasteiger partial charge is 0.411 e. The number of carbonyl (C=O) groups excluding carboxylic acids is 1. The molecule has 0 atom stereocenters. The van der Waals surface area contributed by atoms with E-state index in [0.29, 0.717) is 5.89 Å². The SMILES string of the molecule is Cc1cc(C)cc(-c2nnc(SCC(=O)c3c(N)n(Cc4ccccc4)c(=O)n(C)c3=O)o2)c1. The Balaban J connectivity index is 1.57. The molecule has 34 heavy (non-hydrogen) atoms. The Hall–Kier alpha value is -3.92. The molecule has 0 aliphatic heterocycles. The van der Waals surface area contributed by atoms with E-state index in [0.717, 1.165) is 38.6 Å². The van der Waals surface area contributed by atoms with E-state index in [9.17, 15) is 14.4 Å². The Labute approximate surface area is 199 Å². The Morgan fingerprint density at radius 2 is 1.74 bits per heavy atom. The Morgan fingerprint density at radius 1 is 1.06 bits per heavy atom. The highest BCUT2D eigenvalue weighted by atomic mass is 32.2. The lowest BCUT2D eigenvalue weighted by molar-refractivity contribution is 0.102. The van der Waals surface area contributed by atoms with Crippen LogP contribution in [0.3, 0.4) is 0 Å². The molecule has 0 bridgehead atoms. The van der Waals surface area contributed by atoms with Gasteiger partial charge in [-0.25, -0.2) is 4.79 Å². The van der Waals surface area contributed by atoms with Crippen LogP contribution in [0.15, 0.2) is 67.8 Å². The first-order valence-corrected chi connectivity index (χ1v) is 11.4. The maximum Gasteiger partial charge on any atom is 0.332 e. The number of ketones is 1. The molecule has 0 saturated carbocycles. The van der Waals surface area contributed by atoms with Crippen molar-refractivity contribution in [1.82, 2.24) is 19.3 Å². The molecular weight excluding hydrogens is 454 g/mol. The lowest BCUT2D eigenvalue weighted by Gasteiger charge is -2.14. The van der Waals surface area contributed by atoms with Crippen LogP contribution < -0.4 is 17.0 Å². The molecule has 10 heteroatoms. The molecule has 0 saturated heterocycles. The number of aryl methyl sites for hydroxylation is 2. The van der Waals surface area contributed by atoms with Crippen molar-refractivity contribution in [3.05, 3.63) is 91.6 Å². The van der Waals surface area contributed by atoms with Crippen LogP contribution in [-0.2, 0) is 13.6 Å². The summed E-state index contributed by atoms with van der Waals surface area (Å²) in [6.07, 6.45) is 0. The molecule has 0 aliphatic rings. The van der Waals surface area contributed by atoms with Gasteiger partial charge in [0.2, 0.25) is 5.89 Å². The zero-order valence-electron chi connectivity index (χ0n) is 18.9. The van der Waals surface area contributed by atoms with E-state index in [2.05, 4.69) is 10.2 Å². The summed E-state index contributed by atoms with van der Waals surface area (Å²) >= 11 is 1.00. The third kappa shape index (κ3) is 4.72. The molecule has 2 aromatic heterocycles. The number of nitrogens with two attached hydrogens (primary N) is 1. The van der Waals surface area contributed by atoms with Gasteiger partial charge in [-0.15, -0.1) is 10.2 Å². The summed E-state index contributed by atoms with van der Waals surface area (Å²) in [5.74, 6) is -0.508. The second-order valence-corrected chi connectivity index (χ2v) is 8.87. The van der Waals surface area contributed by atoms with Crippen LogP contribution in [0, 0.1) is 13.8 Å². The van der Waals surface area contributed by atoms with Crippen LogP contribution in [0.5, 0.6) is 0 Å². The van der Waals surface area contributed by atoms with Gasteiger partial charge in [-0.2, -0.15) is 0 Å². The zero-order chi connectivity index (χ0) is 24.4. The van der Waals surface area contributed by atoms with Gasteiger partial charge in [-0.3, -0.25) is 18.7 Å². The summed E-state index contributed by atoms with van der Waals surface area (Å²) < 4.78 is 7.80. The highest BCUT2D eigenvalue weighted by Gasteiger charge is 2.22. The highest BCUT2D eigenvalue weighted by Crippen LogP contribution is 2.25. The molecule has 2 heterocycles. The van der Waals surface area contributed by atoms with Crippen molar-refractivity contribution in [2.45, 2.75) is 25.6 Å². The lowest BCUT2D eigenvalue weighted by Crippen LogP contribution is -2.43. The van der Waals surface area contributed by atoms with Crippen LogP contribution in [0.25, 0.3) is 11.5 Å². The Kier molecular flexibility index (Phi) is 6.51. The van der Waals surface area contributed by atoms with Crippen molar-refractivity contribution in [2.75, 3.05) is 11.5 Å². The number of hydrogen-bond donors (Lipinski definition) is 1. The molecule has 0 unspecified atom stereocenters. The Morgan fingerprint density at radius 3 is 2.41 bits per heavy atom. The first kappa shape index (κ1) is 23.2. The molecular formula is C24H23N5O4S. The Bertz CT molecular complexity index is 1470. The molecule has 2 aromatic carbocycles. The second-order valence-electron chi connectivity index (χ2n) is 7.94. The quantitative estimate of drug-likeness (QED) is 0.318. The van der Waals surface area contributed by atoms with E-state index in [-0.39, 0.29) is 28.9 Å².